The molecule has 20 heavy (non-hydrogen) atoms. The van der Waals surface area contributed by atoms with Gasteiger partial charge in [-0.2, -0.15) is 0 Å². The standard InChI is InChI=1S/C14H15N3O3/c18-17(19)12-5-6-13(11-4-2-8-16-14(11)12)20-9-10-3-1-7-15-10/h2,4-6,8,10,15H,1,3,7,9H2. The van der Waals surface area contributed by atoms with E-state index in [2.05, 4.69) is 10.3 Å². The lowest BCUT2D eigenvalue weighted by molar-refractivity contribution is -0.383. The summed E-state index contributed by atoms with van der Waals surface area (Å²) < 4.78 is 5.81. The normalized spacial score (nSPS) is 18.3. The third-order valence-electron chi connectivity index (χ3n) is 3.51. The van der Waals surface area contributed by atoms with Crippen LogP contribution >= 0.6 is 0 Å². The highest BCUT2D eigenvalue weighted by molar-refractivity contribution is 5.91. The molecule has 3 rings (SSSR count). The van der Waals surface area contributed by atoms with E-state index in [1.54, 1.807) is 24.4 Å². The summed E-state index contributed by atoms with van der Waals surface area (Å²) in [7, 11) is 0. The first-order valence-electron chi connectivity index (χ1n) is 6.64. The molecule has 1 atom stereocenters. The number of nitrogens with zero attached hydrogens (tertiary/aromatic N) is 2. The van der Waals surface area contributed by atoms with Crippen molar-refractivity contribution >= 4 is 16.6 Å². The number of hydrogen-bond donors (Lipinski definition) is 1. The highest BCUT2D eigenvalue weighted by atomic mass is 16.6. The van der Waals surface area contributed by atoms with Gasteiger partial charge in [0.2, 0.25) is 0 Å². The molecule has 0 bridgehead atoms. The molecule has 1 aromatic carbocycles. The quantitative estimate of drug-likeness (QED) is 0.683. The molecule has 6 heteroatoms. The van der Waals surface area contributed by atoms with Gasteiger partial charge < -0.3 is 10.1 Å². The highest BCUT2D eigenvalue weighted by Crippen LogP contribution is 2.31. The average Bonchev–Trinajstić information content (AvgIpc) is 2.97. The minimum atomic E-state index is -0.419. The fourth-order valence-corrected chi connectivity index (χ4v) is 2.49. The monoisotopic (exact) mass is 273 g/mol. The van der Waals surface area contributed by atoms with Crippen molar-refractivity contribution in [2.45, 2.75) is 18.9 Å². The Hall–Kier alpha value is -2.21. The number of rotatable bonds is 4. The maximum absolute atomic E-state index is 11.0. The Morgan fingerprint density at radius 1 is 1.45 bits per heavy atom. The Labute approximate surface area is 115 Å². The number of nitrogens with one attached hydrogen (secondary N) is 1. The molecular formula is C14H15N3O3. The van der Waals surface area contributed by atoms with E-state index in [1.165, 1.54) is 6.07 Å². The summed E-state index contributed by atoms with van der Waals surface area (Å²) in [4.78, 5) is 14.7. The minimum absolute atomic E-state index is 0.00643. The predicted molar refractivity (Wildman–Crippen MR) is 74.9 cm³/mol. The summed E-state index contributed by atoms with van der Waals surface area (Å²) in [5.74, 6) is 0.646. The molecule has 0 aliphatic carbocycles. The number of fused-ring (bicyclic) bond motifs is 1. The molecule has 6 nitrogen and oxygen atoms in total. The van der Waals surface area contributed by atoms with E-state index in [9.17, 15) is 10.1 Å². The second-order valence-corrected chi connectivity index (χ2v) is 4.84. The number of benzene rings is 1. The largest absolute Gasteiger partial charge is 0.491 e. The number of hydrogen-bond acceptors (Lipinski definition) is 5. The molecule has 2 aromatic rings. The number of nitro benzene ring substituents is 1. The van der Waals surface area contributed by atoms with Crippen molar-refractivity contribution in [3.05, 3.63) is 40.6 Å². The van der Waals surface area contributed by atoms with E-state index in [1.807, 2.05) is 0 Å². The van der Waals surface area contributed by atoms with Crippen molar-refractivity contribution in [3.63, 3.8) is 0 Å². The molecule has 0 spiro atoms. The first-order chi connectivity index (χ1) is 9.75. The third-order valence-corrected chi connectivity index (χ3v) is 3.51. The van der Waals surface area contributed by atoms with Crippen LogP contribution in [0.5, 0.6) is 5.75 Å². The Bertz CT molecular complexity index is 639. The average molecular weight is 273 g/mol. The van der Waals surface area contributed by atoms with Gasteiger partial charge in [0.15, 0.2) is 5.52 Å². The van der Waals surface area contributed by atoms with Crippen molar-refractivity contribution in [1.29, 1.82) is 0 Å². The summed E-state index contributed by atoms with van der Waals surface area (Å²) in [6, 6.07) is 7.01. The van der Waals surface area contributed by atoms with Crippen LogP contribution in [0.1, 0.15) is 12.8 Å². The van der Waals surface area contributed by atoms with Gasteiger partial charge in [-0.15, -0.1) is 0 Å². The zero-order valence-corrected chi connectivity index (χ0v) is 10.9. The first-order valence-corrected chi connectivity index (χ1v) is 6.64. The molecule has 0 saturated carbocycles. The molecule has 0 radical (unpaired) electrons. The van der Waals surface area contributed by atoms with E-state index >= 15 is 0 Å². The van der Waals surface area contributed by atoms with Gasteiger partial charge in [0, 0.05) is 23.7 Å². The number of nitro groups is 1. The topological polar surface area (TPSA) is 77.3 Å². The summed E-state index contributed by atoms with van der Waals surface area (Å²) in [6.07, 6.45) is 3.82. The lowest BCUT2D eigenvalue weighted by Crippen LogP contribution is -2.28. The van der Waals surface area contributed by atoms with Crippen LogP contribution in [-0.2, 0) is 0 Å². The van der Waals surface area contributed by atoms with E-state index in [0.717, 1.165) is 19.4 Å². The summed E-state index contributed by atoms with van der Waals surface area (Å²) >= 11 is 0. The Kier molecular flexibility index (Phi) is 3.47. The molecule has 1 aliphatic rings. The van der Waals surface area contributed by atoms with Crippen LogP contribution in [0.3, 0.4) is 0 Å². The lowest BCUT2D eigenvalue weighted by Gasteiger charge is -2.13. The Balaban J connectivity index is 1.91. The van der Waals surface area contributed by atoms with Crippen LogP contribution < -0.4 is 10.1 Å². The summed E-state index contributed by atoms with van der Waals surface area (Å²) in [5, 5.41) is 15.0. The molecule has 1 fully saturated rings. The molecule has 1 unspecified atom stereocenters. The fraction of sp³-hybridized carbons (Fsp3) is 0.357. The van der Waals surface area contributed by atoms with Crippen molar-refractivity contribution in [3.8, 4) is 5.75 Å². The number of aromatic nitrogens is 1. The lowest BCUT2D eigenvalue weighted by atomic mass is 10.1. The van der Waals surface area contributed by atoms with Crippen molar-refractivity contribution in [1.82, 2.24) is 10.3 Å². The molecule has 2 heterocycles. The smallest absolute Gasteiger partial charge is 0.295 e. The molecule has 0 amide bonds. The van der Waals surface area contributed by atoms with Crippen molar-refractivity contribution in [2.24, 2.45) is 0 Å². The van der Waals surface area contributed by atoms with E-state index in [-0.39, 0.29) is 5.69 Å². The van der Waals surface area contributed by atoms with Crippen LogP contribution in [0.25, 0.3) is 10.9 Å². The van der Waals surface area contributed by atoms with Gasteiger partial charge in [0.1, 0.15) is 12.4 Å². The summed E-state index contributed by atoms with van der Waals surface area (Å²) in [6.45, 7) is 1.60. The molecule has 1 aliphatic heterocycles. The van der Waals surface area contributed by atoms with Crippen LogP contribution in [0.2, 0.25) is 0 Å². The van der Waals surface area contributed by atoms with Gasteiger partial charge in [-0.25, -0.2) is 4.98 Å². The number of ether oxygens (including phenoxy) is 1. The molecule has 1 aromatic heterocycles. The Morgan fingerprint density at radius 2 is 2.35 bits per heavy atom. The molecule has 1 N–H and O–H groups in total. The van der Waals surface area contributed by atoms with Gasteiger partial charge in [-0.05, 0) is 37.6 Å². The second-order valence-electron chi connectivity index (χ2n) is 4.84. The predicted octanol–water partition coefficient (Wildman–Crippen LogP) is 2.27. The Morgan fingerprint density at radius 3 is 3.10 bits per heavy atom. The van der Waals surface area contributed by atoms with E-state index < -0.39 is 4.92 Å². The number of pyridine rings is 1. The van der Waals surface area contributed by atoms with Gasteiger partial charge in [-0.1, -0.05) is 0 Å². The highest BCUT2D eigenvalue weighted by Gasteiger charge is 2.18. The maximum Gasteiger partial charge on any atom is 0.295 e. The summed E-state index contributed by atoms with van der Waals surface area (Å²) in [5.41, 5.74) is 0.376. The van der Waals surface area contributed by atoms with E-state index in [0.29, 0.717) is 29.3 Å². The van der Waals surface area contributed by atoms with Gasteiger partial charge in [0.05, 0.1) is 4.92 Å². The van der Waals surface area contributed by atoms with Gasteiger partial charge in [-0.3, -0.25) is 10.1 Å². The molecular weight excluding hydrogens is 258 g/mol. The fourth-order valence-electron chi connectivity index (χ4n) is 2.49. The molecule has 1 saturated heterocycles. The van der Waals surface area contributed by atoms with Crippen LogP contribution in [0.4, 0.5) is 5.69 Å². The zero-order valence-electron chi connectivity index (χ0n) is 10.9. The molecule has 104 valence electrons. The van der Waals surface area contributed by atoms with E-state index in [4.69, 9.17) is 4.74 Å². The van der Waals surface area contributed by atoms with Crippen molar-refractivity contribution < 1.29 is 9.66 Å². The minimum Gasteiger partial charge on any atom is -0.491 e. The van der Waals surface area contributed by atoms with Crippen LogP contribution in [-0.4, -0.2) is 29.1 Å². The number of non-ortho nitro benzene ring substituents is 1. The first kappa shape index (κ1) is 12.8. The zero-order chi connectivity index (χ0) is 13.9. The second kappa shape index (κ2) is 5.42. The SMILES string of the molecule is O=[N+]([O-])c1ccc(OCC2CCCN2)c2cccnc12. The third kappa shape index (κ3) is 2.42. The maximum atomic E-state index is 11.0. The van der Waals surface area contributed by atoms with Gasteiger partial charge in [0.25, 0.3) is 5.69 Å². The van der Waals surface area contributed by atoms with Crippen molar-refractivity contribution in [2.75, 3.05) is 13.2 Å². The van der Waals surface area contributed by atoms with Crippen LogP contribution in [0, 0.1) is 10.1 Å². The van der Waals surface area contributed by atoms with Crippen LogP contribution in [0.15, 0.2) is 30.5 Å². The van der Waals surface area contributed by atoms with Gasteiger partial charge >= 0.3 is 0 Å².